The van der Waals surface area contributed by atoms with Gasteiger partial charge in [0.15, 0.2) is 0 Å². The predicted molar refractivity (Wildman–Crippen MR) is 97.7 cm³/mol. The van der Waals surface area contributed by atoms with Crippen molar-refractivity contribution in [2.45, 2.75) is 26.5 Å². The third kappa shape index (κ3) is 4.41. The van der Waals surface area contributed by atoms with Crippen LogP contribution in [0.3, 0.4) is 0 Å². The maximum absolute atomic E-state index is 12.9. The van der Waals surface area contributed by atoms with Crippen LogP contribution in [0.15, 0.2) is 17.2 Å². The lowest BCUT2D eigenvalue weighted by Gasteiger charge is -2.21. The summed E-state index contributed by atoms with van der Waals surface area (Å²) in [5.74, 6) is 0.580. The Bertz CT molecular complexity index is 574. The van der Waals surface area contributed by atoms with Gasteiger partial charge >= 0.3 is 0 Å². The second-order valence-electron chi connectivity index (χ2n) is 5.38. The van der Waals surface area contributed by atoms with Crippen molar-refractivity contribution in [3.63, 3.8) is 0 Å². The lowest BCUT2D eigenvalue weighted by molar-refractivity contribution is 0.0276. The number of amides is 1. The number of carbonyl (C=O) groups excluding carboxylic acids is 1. The van der Waals surface area contributed by atoms with Gasteiger partial charge in [-0.1, -0.05) is 13.5 Å². The van der Waals surface area contributed by atoms with Gasteiger partial charge in [-0.2, -0.15) is 12.6 Å². The number of hydrogen-bond acceptors (Lipinski definition) is 4. The van der Waals surface area contributed by atoms with Gasteiger partial charge in [0.1, 0.15) is 19.2 Å². The molecule has 1 aromatic rings. The van der Waals surface area contributed by atoms with Crippen molar-refractivity contribution in [2.75, 3.05) is 32.2 Å². The molecule has 1 aliphatic heterocycles. The SMILES string of the molecule is C=C1CCN(COCCS)C(=O)c2c1cc(Br)n2COCCC. The van der Waals surface area contributed by atoms with E-state index in [2.05, 4.69) is 42.1 Å². The molecule has 1 amide bonds. The van der Waals surface area contributed by atoms with Crippen molar-refractivity contribution >= 4 is 40.0 Å². The minimum atomic E-state index is -0.0522. The summed E-state index contributed by atoms with van der Waals surface area (Å²) in [5.41, 5.74) is 2.46. The normalized spacial score (nSPS) is 15.0. The Balaban J connectivity index is 2.26. The molecule has 0 spiro atoms. The molecule has 128 valence electrons. The zero-order valence-corrected chi connectivity index (χ0v) is 15.9. The molecule has 0 N–H and O–H groups in total. The summed E-state index contributed by atoms with van der Waals surface area (Å²) in [4.78, 5) is 14.6. The molecule has 1 aromatic heterocycles. The van der Waals surface area contributed by atoms with Crippen LogP contribution >= 0.6 is 28.6 Å². The highest BCUT2D eigenvalue weighted by Crippen LogP contribution is 2.31. The summed E-state index contributed by atoms with van der Waals surface area (Å²) >= 11 is 7.64. The molecule has 2 rings (SSSR count). The van der Waals surface area contributed by atoms with E-state index in [1.807, 2.05) is 10.6 Å². The number of hydrogen-bond donors (Lipinski definition) is 1. The van der Waals surface area contributed by atoms with Crippen LogP contribution in [0.1, 0.15) is 35.8 Å². The van der Waals surface area contributed by atoms with Crippen LogP contribution in [0.4, 0.5) is 0 Å². The Morgan fingerprint density at radius 2 is 2.09 bits per heavy atom. The molecular weight excluding hydrogens is 380 g/mol. The quantitative estimate of drug-likeness (QED) is 0.535. The van der Waals surface area contributed by atoms with Gasteiger partial charge < -0.3 is 18.9 Å². The van der Waals surface area contributed by atoms with Crippen molar-refractivity contribution < 1.29 is 14.3 Å². The Morgan fingerprint density at radius 3 is 2.78 bits per heavy atom. The lowest BCUT2D eigenvalue weighted by Crippen LogP contribution is -2.35. The number of rotatable bonds is 8. The van der Waals surface area contributed by atoms with Gasteiger partial charge in [-0.25, -0.2) is 0 Å². The summed E-state index contributed by atoms with van der Waals surface area (Å²) in [6.07, 6.45) is 1.67. The highest BCUT2D eigenvalue weighted by Gasteiger charge is 2.29. The molecule has 0 bridgehead atoms. The first-order chi connectivity index (χ1) is 11.1. The number of thiol groups is 1. The fourth-order valence-electron chi connectivity index (χ4n) is 2.46. The van der Waals surface area contributed by atoms with Gasteiger partial charge in [-0.05, 0) is 40.4 Å². The van der Waals surface area contributed by atoms with E-state index in [9.17, 15) is 4.79 Å². The summed E-state index contributed by atoms with van der Waals surface area (Å²) in [6.45, 7) is 8.57. The highest BCUT2D eigenvalue weighted by molar-refractivity contribution is 9.10. The largest absolute Gasteiger partial charge is 0.361 e. The van der Waals surface area contributed by atoms with E-state index in [0.717, 1.165) is 28.6 Å². The van der Waals surface area contributed by atoms with Crippen LogP contribution in [0.25, 0.3) is 5.57 Å². The molecule has 1 aliphatic rings. The van der Waals surface area contributed by atoms with Crippen molar-refractivity contribution in [3.05, 3.63) is 28.5 Å². The number of fused-ring (bicyclic) bond motifs is 1. The molecule has 0 aliphatic carbocycles. The minimum absolute atomic E-state index is 0.0522. The smallest absolute Gasteiger partial charge is 0.273 e. The van der Waals surface area contributed by atoms with Crippen molar-refractivity contribution in [3.8, 4) is 0 Å². The van der Waals surface area contributed by atoms with Crippen molar-refractivity contribution in [1.82, 2.24) is 9.47 Å². The molecule has 7 heteroatoms. The minimum Gasteiger partial charge on any atom is -0.361 e. The summed E-state index contributed by atoms with van der Waals surface area (Å²) in [7, 11) is 0. The van der Waals surface area contributed by atoms with Crippen molar-refractivity contribution in [1.29, 1.82) is 0 Å². The topological polar surface area (TPSA) is 43.7 Å². The maximum atomic E-state index is 12.9. The summed E-state index contributed by atoms with van der Waals surface area (Å²) in [5, 5.41) is 0. The molecule has 5 nitrogen and oxygen atoms in total. The molecule has 2 heterocycles. The van der Waals surface area contributed by atoms with Crippen LogP contribution in [-0.2, 0) is 16.2 Å². The molecule has 0 saturated heterocycles. The molecular formula is C16H23BrN2O3S. The Hall–Kier alpha value is -0.760. The van der Waals surface area contributed by atoms with Gasteiger partial charge in [-0.3, -0.25) is 4.79 Å². The number of carbonyl (C=O) groups is 1. The average molecular weight is 403 g/mol. The van der Waals surface area contributed by atoms with Gasteiger partial charge in [0.05, 0.1) is 11.2 Å². The Morgan fingerprint density at radius 1 is 1.35 bits per heavy atom. The van der Waals surface area contributed by atoms with E-state index in [-0.39, 0.29) is 12.6 Å². The number of nitrogens with zero attached hydrogens (tertiary/aromatic N) is 2. The van der Waals surface area contributed by atoms with E-state index in [0.29, 0.717) is 37.9 Å². The first kappa shape index (κ1) is 18.6. The third-order valence-electron chi connectivity index (χ3n) is 3.65. The number of ether oxygens (including phenoxy) is 2. The van der Waals surface area contributed by atoms with E-state index in [4.69, 9.17) is 9.47 Å². The van der Waals surface area contributed by atoms with Crippen LogP contribution in [0.2, 0.25) is 0 Å². The first-order valence-electron chi connectivity index (χ1n) is 7.73. The van der Waals surface area contributed by atoms with Gasteiger partial charge in [-0.15, -0.1) is 0 Å². The third-order valence-corrected chi connectivity index (χ3v) is 4.49. The molecule has 0 aromatic carbocycles. The molecule has 0 atom stereocenters. The number of halogens is 1. The van der Waals surface area contributed by atoms with Crippen LogP contribution in [-0.4, -0.2) is 47.6 Å². The Kier molecular flexibility index (Phi) is 7.20. The fourth-order valence-corrected chi connectivity index (χ4v) is 3.10. The Labute approximate surface area is 151 Å². The van der Waals surface area contributed by atoms with E-state index in [1.54, 1.807) is 4.90 Å². The molecule has 0 radical (unpaired) electrons. The van der Waals surface area contributed by atoms with Gasteiger partial charge in [0, 0.05) is 24.5 Å². The highest BCUT2D eigenvalue weighted by atomic mass is 79.9. The lowest BCUT2D eigenvalue weighted by atomic mass is 10.1. The van der Waals surface area contributed by atoms with Crippen LogP contribution in [0, 0.1) is 0 Å². The zero-order chi connectivity index (χ0) is 16.8. The molecule has 0 saturated carbocycles. The average Bonchev–Trinajstić information content (AvgIpc) is 2.81. The van der Waals surface area contributed by atoms with E-state index >= 15 is 0 Å². The number of aromatic nitrogens is 1. The van der Waals surface area contributed by atoms with Gasteiger partial charge in [0.25, 0.3) is 5.91 Å². The molecule has 23 heavy (non-hydrogen) atoms. The van der Waals surface area contributed by atoms with Crippen molar-refractivity contribution in [2.24, 2.45) is 0 Å². The fraction of sp³-hybridized carbons (Fsp3) is 0.562. The van der Waals surface area contributed by atoms with Gasteiger partial charge in [0.2, 0.25) is 0 Å². The molecule has 0 unspecified atom stereocenters. The maximum Gasteiger partial charge on any atom is 0.273 e. The summed E-state index contributed by atoms with van der Waals surface area (Å²) < 4.78 is 13.8. The zero-order valence-electron chi connectivity index (χ0n) is 13.4. The predicted octanol–water partition coefficient (Wildman–Crippen LogP) is 3.40. The standard InChI is InChI=1S/C16H23BrN2O3S/c1-3-6-21-11-19-14(17)9-13-12(2)4-5-18(10-22-7-8-23)16(20)15(13)19/h9,23H,2-8,10-11H2,1H3. The van der Waals surface area contributed by atoms with E-state index in [1.165, 1.54) is 0 Å². The summed E-state index contributed by atoms with van der Waals surface area (Å²) in [6, 6.07) is 1.95. The van der Waals surface area contributed by atoms with Crippen LogP contribution in [0.5, 0.6) is 0 Å². The monoisotopic (exact) mass is 402 g/mol. The molecule has 0 fully saturated rings. The second-order valence-corrected chi connectivity index (χ2v) is 6.64. The second kappa shape index (κ2) is 8.92. The van der Waals surface area contributed by atoms with E-state index < -0.39 is 0 Å². The first-order valence-corrected chi connectivity index (χ1v) is 9.15. The van der Waals surface area contributed by atoms with Crippen LogP contribution < -0.4 is 0 Å².